The monoisotopic (exact) mass is 782 g/mol. The number of hydrogen-bond acceptors (Lipinski definition) is 7. The molecule has 0 aliphatic heterocycles. The molecule has 0 heterocycles. The van der Waals surface area contributed by atoms with Gasteiger partial charge in [-0.05, 0) is 70.6 Å². The van der Waals surface area contributed by atoms with Gasteiger partial charge >= 0.3 is 5.97 Å². The molecule has 7 heteroatoms. The van der Waals surface area contributed by atoms with Crippen molar-refractivity contribution in [3.63, 3.8) is 0 Å². The van der Waals surface area contributed by atoms with Crippen molar-refractivity contribution in [2.45, 2.75) is 239 Å². The second kappa shape index (κ2) is 41.0. The van der Waals surface area contributed by atoms with Gasteiger partial charge in [-0.1, -0.05) is 163 Å². The second-order valence-corrected chi connectivity index (χ2v) is 16.8. The fraction of sp³-hybridized carbons (Fsp3) is 0.938. The lowest BCUT2D eigenvalue weighted by molar-refractivity contribution is -0.149. The van der Waals surface area contributed by atoms with E-state index in [0.717, 1.165) is 57.1 Å². The minimum atomic E-state index is -0.522. The molecule has 0 rings (SSSR count). The van der Waals surface area contributed by atoms with Crippen molar-refractivity contribution in [1.82, 2.24) is 4.90 Å². The zero-order valence-corrected chi connectivity index (χ0v) is 37.2. The molecule has 0 aliphatic carbocycles. The summed E-state index contributed by atoms with van der Waals surface area (Å²) in [5.74, 6) is 1.40. The maximum Gasteiger partial charge on any atom is 0.308 e. The summed E-state index contributed by atoms with van der Waals surface area (Å²) in [4.78, 5) is 15.1. The molecule has 0 saturated heterocycles. The van der Waals surface area contributed by atoms with Crippen LogP contribution in [0.1, 0.15) is 227 Å². The number of carbonyl (C=O) groups excluding carboxylic acids is 1. The quantitative estimate of drug-likeness (QED) is 0.0321. The highest BCUT2D eigenvalue weighted by molar-refractivity contribution is 5.72. The van der Waals surface area contributed by atoms with Crippen molar-refractivity contribution in [1.29, 1.82) is 0 Å². The van der Waals surface area contributed by atoms with Crippen molar-refractivity contribution in [3.8, 4) is 0 Å². The Labute approximate surface area is 342 Å². The van der Waals surface area contributed by atoms with Crippen LogP contribution in [0.3, 0.4) is 0 Å². The Morgan fingerprint density at radius 3 is 1.29 bits per heavy atom. The highest BCUT2D eigenvalue weighted by Gasteiger charge is 2.20. The third kappa shape index (κ3) is 34.6. The van der Waals surface area contributed by atoms with Gasteiger partial charge in [-0.25, -0.2) is 0 Å². The van der Waals surface area contributed by atoms with Crippen molar-refractivity contribution >= 4 is 5.97 Å². The van der Waals surface area contributed by atoms with E-state index in [1.165, 1.54) is 128 Å². The van der Waals surface area contributed by atoms with Gasteiger partial charge in [0.25, 0.3) is 0 Å². The summed E-state index contributed by atoms with van der Waals surface area (Å²) in [5.41, 5.74) is 0. The summed E-state index contributed by atoms with van der Waals surface area (Å²) in [7, 11) is 0. The Morgan fingerprint density at radius 1 is 0.491 bits per heavy atom. The van der Waals surface area contributed by atoms with E-state index in [4.69, 9.17) is 9.47 Å². The zero-order valence-electron chi connectivity index (χ0n) is 37.2. The van der Waals surface area contributed by atoms with Gasteiger partial charge in [0.2, 0.25) is 0 Å². The van der Waals surface area contributed by atoms with E-state index in [-0.39, 0.29) is 18.5 Å². The molecule has 7 nitrogen and oxygen atoms in total. The molecule has 0 aliphatic rings. The van der Waals surface area contributed by atoms with Gasteiger partial charge in [0.1, 0.15) is 0 Å². The molecule has 0 aromatic heterocycles. The average Bonchev–Trinajstić information content (AvgIpc) is 3.17. The normalized spacial score (nSPS) is 13.9. The number of nitrogens with zero attached hydrogens (tertiary/aromatic N) is 1. The summed E-state index contributed by atoms with van der Waals surface area (Å²) in [6.07, 6.45) is 33.5. The van der Waals surface area contributed by atoms with E-state index in [9.17, 15) is 20.1 Å². The number of unbranched alkanes of at least 4 members (excludes halogenated alkanes) is 18. The van der Waals surface area contributed by atoms with Crippen LogP contribution in [0.4, 0.5) is 0 Å². The van der Waals surface area contributed by atoms with Gasteiger partial charge in [0.05, 0.1) is 37.1 Å². The highest BCUT2D eigenvalue weighted by Crippen LogP contribution is 2.26. The zero-order chi connectivity index (χ0) is 40.6. The van der Waals surface area contributed by atoms with Crippen LogP contribution in [0.5, 0.6) is 0 Å². The molecule has 0 fully saturated rings. The summed E-state index contributed by atoms with van der Waals surface area (Å²) >= 11 is 0. The first-order valence-electron chi connectivity index (χ1n) is 24.0. The maximum absolute atomic E-state index is 13.0. The molecule has 0 spiro atoms. The van der Waals surface area contributed by atoms with E-state index in [1.54, 1.807) is 0 Å². The fourth-order valence-corrected chi connectivity index (χ4v) is 7.73. The lowest BCUT2D eigenvalue weighted by Gasteiger charge is -2.27. The number of esters is 1. The number of carbonyl (C=O) groups is 1. The molecule has 4 atom stereocenters. The Hall–Kier alpha value is -1.15. The van der Waals surface area contributed by atoms with Crippen LogP contribution >= 0.6 is 0 Å². The minimum absolute atomic E-state index is 0.0179. The Morgan fingerprint density at radius 2 is 0.855 bits per heavy atom. The van der Waals surface area contributed by atoms with Gasteiger partial charge in [-0.3, -0.25) is 9.69 Å². The van der Waals surface area contributed by atoms with E-state index < -0.39 is 12.2 Å². The van der Waals surface area contributed by atoms with Crippen LogP contribution in [0.15, 0.2) is 12.3 Å². The smallest absolute Gasteiger partial charge is 0.308 e. The number of aliphatic hydroxyl groups is 3. The predicted octanol–water partition coefficient (Wildman–Crippen LogP) is 12.5. The first-order valence-corrected chi connectivity index (χ1v) is 24.0. The van der Waals surface area contributed by atoms with Crippen molar-refractivity contribution in [2.75, 3.05) is 39.5 Å². The highest BCUT2D eigenvalue weighted by atomic mass is 16.5. The van der Waals surface area contributed by atoms with E-state index in [2.05, 4.69) is 39.2 Å². The van der Waals surface area contributed by atoms with Crippen LogP contribution in [0.25, 0.3) is 0 Å². The van der Waals surface area contributed by atoms with Gasteiger partial charge in [-0.15, -0.1) is 0 Å². The van der Waals surface area contributed by atoms with Gasteiger partial charge in [-0.2, -0.15) is 0 Å². The first kappa shape index (κ1) is 53.9. The SMILES string of the molecule is C=C(OCCCCC(O)CN(CCCO)CC(O)CCCCOC(=O)C(CCCCCC)CCCCCCCC)C(CCCCCC)CCCCCCCC. The van der Waals surface area contributed by atoms with E-state index in [1.807, 2.05) is 0 Å². The van der Waals surface area contributed by atoms with Crippen molar-refractivity contribution in [3.05, 3.63) is 12.3 Å². The molecule has 0 saturated carbocycles. The molecule has 0 aromatic carbocycles. The van der Waals surface area contributed by atoms with E-state index >= 15 is 0 Å². The maximum atomic E-state index is 13.0. The summed E-state index contributed by atoms with van der Waals surface area (Å²) in [6, 6.07) is 0. The van der Waals surface area contributed by atoms with Crippen LogP contribution < -0.4 is 0 Å². The number of ether oxygens (including phenoxy) is 2. The number of hydrogen-bond donors (Lipinski definition) is 3. The number of aliphatic hydroxyl groups excluding tert-OH is 3. The summed E-state index contributed by atoms with van der Waals surface area (Å²) in [5, 5.41) is 31.2. The van der Waals surface area contributed by atoms with Crippen molar-refractivity contribution < 1.29 is 29.6 Å². The van der Waals surface area contributed by atoms with Crippen LogP contribution in [0, 0.1) is 11.8 Å². The largest absolute Gasteiger partial charge is 0.498 e. The molecule has 0 amide bonds. The number of allylic oxidation sites excluding steroid dienone is 1. The average molecular weight is 782 g/mol. The lowest BCUT2D eigenvalue weighted by atomic mass is 9.93. The topological polar surface area (TPSA) is 99.5 Å². The van der Waals surface area contributed by atoms with Gasteiger partial charge in [0.15, 0.2) is 0 Å². The molecule has 0 bridgehead atoms. The fourth-order valence-electron chi connectivity index (χ4n) is 7.73. The lowest BCUT2D eigenvalue weighted by Crippen LogP contribution is -2.39. The van der Waals surface area contributed by atoms with Gasteiger partial charge in [0, 0.05) is 32.2 Å². The summed E-state index contributed by atoms with van der Waals surface area (Å²) in [6.45, 7) is 16.1. The molecule has 3 N–H and O–H groups in total. The Bertz CT molecular complexity index is 762. The third-order valence-electron chi connectivity index (χ3n) is 11.4. The standard InChI is InChI=1S/C48H95NO6/c1-6-10-14-18-20-24-32-44(31-22-16-12-8-3)43(5)54-39-28-26-35-46(51)41-49(37-30-38-50)42-47(52)36-27-29-40-55-48(53)45(33-23-17-13-9-4)34-25-21-19-15-11-7-2/h44-47,50-52H,5-42H2,1-4H3. The molecule has 4 unspecified atom stereocenters. The molecule has 0 radical (unpaired) electrons. The summed E-state index contributed by atoms with van der Waals surface area (Å²) < 4.78 is 11.9. The van der Waals surface area contributed by atoms with Crippen LogP contribution in [-0.2, 0) is 14.3 Å². The number of rotatable bonds is 44. The molecule has 0 aromatic rings. The molecular formula is C48H95NO6. The van der Waals surface area contributed by atoms with Gasteiger partial charge < -0.3 is 24.8 Å². The van der Waals surface area contributed by atoms with Crippen LogP contribution in [-0.4, -0.2) is 77.9 Å². The first-order chi connectivity index (χ1) is 26.8. The second-order valence-electron chi connectivity index (χ2n) is 16.8. The van der Waals surface area contributed by atoms with Crippen molar-refractivity contribution in [2.24, 2.45) is 11.8 Å². The predicted molar refractivity (Wildman–Crippen MR) is 234 cm³/mol. The third-order valence-corrected chi connectivity index (χ3v) is 11.4. The van der Waals surface area contributed by atoms with E-state index in [0.29, 0.717) is 58.0 Å². The Balaban J connectivity index is 4.53. The molecule has 55 heavy (non-hydrogen) atoms. The Kier molecular flexibility index (Phi) is 40.2. The van der Waals surface area contributed by atoms with Crippen LogP contribution in [0.2, 0.25) is 0 Å². The molecular weight excluding hydrogens is 687 g/mol. The molecule has 328 valence electrons. The minimum Gasteiger partial charge on any atom is -0.498 e.